The molecule has 4 heterocycles. The molecule has 38 heavy (non-hydrogen) atoms. The highest BCUT2D eigenvalue weighted by Crippen LogP contribution is 2.57. The summed E-state index contributed by atoms with van der Waals surface area (Å²) in [6.07, 6.45) is 8.08. The number of nitrogens with two attached hydrogens (primary N) is 1. The largest absolute Gasteiger partial charge is 0.389 e. The molecule has 5 rings (SSSR count). The number of nitrogens with zero attached hydrogens (tertiary/aromatic N) is 3. The fraction of sp³-hybridized carbons (Fsp3) is 0.536. The standard InChI is InChI=1S/C28H39N5O4S/c1-5-11-28-12-6-14-32-15-10-21-22-17-20(38(34,35)30-13-7-16-36-4)8-9-23(22)33(25(21)26(28)32)24(18-28)27(37-29)31-19(2)3/h8-9,17-18,26,30H,2,5-7,10-16,29H2,1,3-4H3/b31-27-/t26?,28-/m0/s1. The molecule has 1 fully saturated rings. The SMILES string of the molecule is C=C(C)/N=C(\ON)C1=C[C@]2(CCC)CCCN3CCc4c(n1c1ccc(S(=O)(=O)NCCCOC)cc41)C32. The molecule has 0 spiro atoms. The van der Waals surface area contributed by atoms with Crippen LogP contribution in [0.3, 0.4) is 0 Å². The highest BCUT2D eigenvalue weighted by atomic mass is 32.2. The summed E-state index contributed by atoms with van der Waals surface area (Å²) in [6.45, 7) is 10.8. The molecule has 3 aliphatic heterocycles. The summed E-state index contributed by atoms with van der Waals surface area (Å²) in [6, 6.07) is 5.62. The molecule has 3 aliphatic rings. The Balaban J connectivity index is 1.72. The molecule has 2 aromatic rings. The van der Waals surface area contributed by atoms with Gasteiger partial charge in [0.05, 0.1) is 16.5 Å². The summed E-state index contributed by atoms with van der Waals surface area (Å²) in [5, 5.41) is 0.954. The van der Waals surface area contributed by atoms with Gasteiger partial charge in [0.2, 0.25) is 10.0 Å². The van der Waals surface area contributed by atoms with Crippen LogP contribution in [0.1, 0.15) is 63.3 Å². The van der Waals surface area contributed by atoms with E-state index in [0.29, 0.717) is 31.2 Å². The van der Waals surface area contributed by atoms with Crippen LogP contribution in [-0.2, 0) is 26.0 Å². The third kappa shape index (κ3) is 4.52. The second kappa shape index (κ2) is 10.6. The third-order valence-electron chi connectivity index (χ3n) is 8.12. The molecule has 0 aliphatic carbocycles. The quantitative estimate of drug-likeness (QED) is 0.203. The van der Waals surface area contributed by atoms with Gasteiger partial charge in [-0.1, -0.05) is 19.9 Å². The monoisotopic (exact) mass is 541 g/mol. The van der Waals surface area contributed by atoms with Crippen LogP contribution in [-0.4, -0.2) is 57.1 Å². The van der Waals surface area contributed by atoms with Gasteiger partial charge in [0.25, 0.3) is 5.90 Å². The van der Waals surface area contributed by atoms with Gasteiger partial charge in [-0.05, 0) is 75.4 Å². The Labute approximate surface area is 225 Å². The van der Waals surface area contributed by atoms with Crippen molar-refractivity contribution in [2.24, 2.45) is 16.3 Å². The smallest absolute Gasteiger partial charge is 0.261 e. The second-order valence-electron chi connectivity index (χ2n) is 10.7. The van der Waals surface area contributed by atoms with E-state index in [4.69, 9.17) is 15.5 Å². The average Bonchev–Trinajstić information content (AvgIpc) is 3.23. The number of aromatic nitrogens is 1. The van der Waals surface area contributed by atoms with E-state index in [-0.39, 0.29) is 16.4 Å². The van der Waals surface area contributed by atoms with Crippen LogP contribution in [0.15, 0.2) is 46.4 Å². The topological polar surface area (TPSA) is 111 Å². The van der Waals surface area contributed by atoms with Gasteiger partial charge in [-0.3, -0.25) is 4.90 Å². The highest BCUT2D eigenvalue weighted by molar-refractivity contribution is 7.89. The maximum Gasteiger partial charge on any atom is 0.261 e. The second-order valence-corrected chi connectivity index (χ2v) is 12.5. The Kier molecular flexibility index (Phi) is 7.54. The first-order valence-corrected chi connectivity index (χ1v) is 15.0. The number of sulfonamides is 1. The van der Waals surface area contributed by atoms with Crippen molar-refractivity contribution in [1.29, 1.82) is 0 Å². The van der Waals surface area contributed by atoms with Crippen molar-refractivity contribution in [2.75, 3.05) is 33.4 Å². The number of aliphatic imine (C=N–C) groups is 1. The van der Waals surface area contributed by atoms with Crippen LogP contribution in [0, 0.1) is 5.41 Å². The average molecular weight is 542 g/mol. The first kappa shape index (κ1) is 27.1. The number of piperidine rings is 1. The van der Waals surface area contributed by atoms with Gasteiger partial charge in [0.15, 0.2) is 0 Å². The summed E-state index contributed by atoms with van der Waals surface area (Å²) in [4.78, 5) is 12.8. The fourth-order valence-corrected chi connectivity index (χ4v) is 7.88. The van der Waals surface area contributed by atoms with Crippen molar-refractivity contribution in [3.63, 3.8) is 0 Å². The van der Waals surface area contributed by atoms with E-state index in [9.17, 15) is 8.42 Å². The molecule has 0 bridgehead atoms. The van der Waals surface area contributed by atoms with E-state index in [1.807, 2.05) is 19.1 Å². The van der Waals surface area contributed by atoms with E-state index in [1.165, 1.54) is 11.3 Å². The summed E-state index contributed by atoms with van der Waals surface area (Å²) >= 11 is 0. The number of hydrogen-bond donors (Lipinski definition) is 2. The van der Waals surface area contributed by atoms with E-state index < -0.39 is 10.0 Å². The minimum Gasteiger partial charge on any atom is -0.389 e. The van der Waals surface area contributed by atoms with Crippen molar-refractivity contribution in [3.05, 3.63) is 47.8 Å². The number of hydrogen-bond acceptors (Lipinski definition) is 7. The number of nitrogens with one attached hydrogen (secondary N) is 1. The molecule has 0 amide bonds. The zero-order chi connectivity index (χ0) is 27.1. The lowest BCUT2D eigenvalue weighted by atomic mass is 9.65. The van der Waals surface area contributed by atoms with E-state index in [2.05, 4.69) is 38.8 Å². The number of rotatable bonds is 10. The first-order valence-electron chi connectivity index (χ1n) is 13.5. The lowest BCUT2D eigenvalue weighted by Gasteiger charge is -2.53. The van der Waals surface area contributed by atoms with Gasteiger partial charge in [0.1, 0.15) is 5.70 Å². The first-order chi connectivity index (χ1) is 18.3. The predicted molar refractivity (Wildman–Crippen MR) is 150 cm³/mol. The maximum atomic E-state index is 13.2. The van der Waals surface area contributed by atoms with Gasteiger partial charge in [0, 0.05) is 49.0 Å². The normalized spacial score (nSPS) is 23.3. The van der Waals surface area contributed by atoms with Crippen molar-refractivity contribution in [2.45, 2.75) is 63.3 Å². The summed E-state index contributed by atoms with van der Waals surface area (Å²) in [7, 11) is -2.05. The minimum atomic E-state index is -3.66. The molecule has 1 unspecified atom stereocenters. The van der Waals surface area contributed by atoms with Crippen molar-refractivity contribution in [3.8, 4) is 0 Å². The van der Waals surface area contributed by atoms with E-state index >= 15 is 0 Å². The van der Waals surface area contributed by atoms with Gasteiger partial charge in [-0.25, -0.2) is 18.1 Å². The predicted octanol–water partition coefficient (Wildman–Crippen LogP) is 4.11. The Morgan fingerprint density at radius 3 is 2.87 bits per heavy atom. The van der Waals surface area contributed by atoms with Gasteiger partial charge in [-0.2, -0.15) is 5.90 Å². The molecule has 1 aromatic carbocycles. The Hall–Kier alpha value is -2.50. The lowest BCUT2D eigenvalue weighted by molar-refractivity contribution is 0.0237. The Morgan fingerprint density at radius 2 is 2.16 bits per heavy atom. The number of methoxy groups -OCH3 is 1. The minimum absolute atomic E-state index is 0.0753. The summed E-state index contributed by atoms with van der Waals surface area (Å²) in [5.41, 5.74) is 4.69. The summed E-state index contributed by atoms with van der Waals surface area (Å²) in [5.74, 6) is 6.13. The van der Waals surface area contributed by atoms with Crippen LogP contribution < -0.4 is 10.6 Å². The molecule has 1 aromatic heterocycles. The van der Waals surface area contributed by atoms with Crippen LogP contribution in [0.25, 0.3) is 16.6 Å². The molecular weight excluding hydrogens is 502 g/mol. The lowest BCUT2D eigenvalue weighted by Crippen LogP contribution is -2.51. The number of benzene rings is 1. The Morgan fingerprint density at radius 1 is 1.34 bits per heavy atom. The molecular formula is C28H39N5O4S. The van der Waals surface area contributed by atoms with Gasteiger partial charge >= 0.3 is 0 Å². The van der Waals surface area contributed by atoms with E-state index in [0.717, 1.165) is 61.8 Å². The van der Waals surface area contributed by atoms with Crippen LogP contribution in [0.5, 0.6) is 0 Å². The zero-order valence-electron chi connectivity index (χ0n) is 22.6. The molecule has 2 atom stereocenters. The van der Waals surface area contributed by atoms with Crippen molar-refractivity contribution >= 4 is 32.5 Å². The summed E-state index contributed by atoms with van der Waals surface area (Å²) < 4.78 is 36.3. The highest BCUT2D eigenvalue weighted by Gasteiger charge is 2.51. The molecule has 3 N–H and O–H groups in total. The number of allylic oxidation sites excluding steroid dienone is 1. The van der Waals surface area contributed by atoms with Crippen LogP contribution in [0.4, 0.5) is 0 Å². The van der Waals surface area contributed by atoms with Crippen LogP contribution >= 0.6 is 0 Å². The third-order valence-corrected chi connectivity index (χ3v) is 9.58. The van der Waals surface area contributed by atoms with E-state index in [1.54, 1.807) is 13.2 Å². The fourth-order valence-electron chi connectivity index (χ4n) is 6.78. The maximum absolute atomic E-state index is 13.2. The van der Waals surface area contributed by atoms with Gasteiger partial charge < -0.3 is 14.1 Å². The molecule has 0 saturated carbocycles. The number of fused-ring (bicyclic) bond motifs is 3. The van der Waals surface area contributed by atoms with Crippen molar-refractivity contribution in [1.82, 2.24) is 14.2 Å². The molecule has 9 nitrogen and oxygen atoms in total. The van der Waals surface area contributed by atoms with Gasteiger partial charge in [-0.15, -0.1) is 0 Å². The molecule has 1 saturated heterocycles. The molecule has 206 valence electrons. The molecule has 10 heteroatoms. The molecule has 0 radical (unpaired) electrons. The zero-order valence-corrected chi connectivity index (χ0v) is 23.4. The van der Waals surface area contributed by atoms with Crippen molar-refractivity contribution < 1.29 is 18.0 Å². The van der Waals surface area contributed by atoms with Crippen LogP contribution in [0.2, 0.25) is 0 Å². The Bertz CT molecular complexity index is 1410. The number of ether oxygens (including phenoxy) is 1.